The Labute approximate surface area is 109 Å². The second-order valence-corrected chi connectivity index (χ2v) is 6.60. The van der Waals surface area contributed by atoms with E-state index in [4.69, 9.17) is 4.74 Å². The van der Waals surface area contributed by atoms with Gasteiger partial charge in [-0.1, -0.05) is 13.8 Å². The molecule has 3 nitrogen and oxygen atoms in total. The second kappa shape index (κ2) is 6.47. The zero-order valence-electron chi connectivity index (χ0n) is 11.5. The number of thiazole rings is 1. The van der Waals surface area contributed by atoms with Crippen LogP contribution in [0.5, 0.6) is 0 Å². The summed E-state index contributed by atoms with van der Waals surface area (Å²) in [7, 11) is 0. The van der Waals surface area contributed by atoms with Gasteiger partial charge in [0.15, 0.2) is 0 Å². The average Bonchev–Trinajstić information content (AvgIpc) is 2.61. The first-order chi connectivity index (χ1) is 7.87. The Balaban J connectivity index is 2.32. The van der Waals surface area contributed by atoms with Crippen LogP contribution in [-0.2, 0) is 17.9 Å². The fourth-order valence-corrected chi connectivity index (χ4v) is 2.00. The van der Waals surface area contributed by atoms with E-state index in [9.17, 15) is 0 Å². The molecular formula is C13H24N2OS. The number of ether oxygens (including phenoxy) is 1. The molecule has 0 aliphatic rings. The molecule has 0 radical (unpaired) electrons. The SMILES string of the molecule is CC(C)CNCc1nc(COC(C)(C)C)cs1. The molecule has 0 atom stereocenters. The van der Waals surface area contributed by atoms with E-state index in [1.54, 1.807) is 11.3 Å². The van der Waals surface area contributed by atoms with Gasteiger partial charge in [-0.25, -0.2) is 4.98 Å². The predicted octanol–water partition coefficient (Wildman–Crippen LogP) is 3.20. The lowest BCUT2D eigenvalue weighted by Crippen LogP contribution is -2.19. The molecule has 0 aliphatic carbocycles. The summed E-state index contributed by atoms with van der Waals surface area (Å²) in [5.41, 5.74) is 0.936. The third kappa shape index (κ3) is 6.76. The van der Waals surface area contributed by atoms with Gasteiger partial charge in [0.25, 0.3) is 0 Å². The van der Waals surface area contributed by atoms with Crippen molar-refractivity contribution in [3.8, 4) is 0 Å². The van der Waals surface area contributed by atoms with Gasteiger partial charge in [-0.2, -0.15) is 0 Å². The van der Waals surface area contributed by atoms with Crippen molar-refractivity contribution in [1.82, 2.24) is 10.3 Å². The smallest absolute Gasteiger partial charge is 0.107 e. The van der Waals surface area contributed by atoms with Crippen LogP contribution >= 0.6 is 11.3 Å². The molecule has 17 heavy (non-hydrogen) atoms. The van der Waals surface area contributed by atoms with Gasteiger partial charge in [-0.3, -0.25) is 0 Å². The highest BCUT2D eigenvalue weighted by atomic mass is 32.1. The molecule has 1 heterocycles. The van der Waals surface area contributed by atoms with Gasteiger partial charge < -0.3 is 10.1 Å². The minimum atomic E-state index is -0.0975. The maximum absolute atomic E-state index is 5.70. The molecule has 0 saturated carbocycles. The molecule has 0 aromatic carbocycles. The maximum atomic E-state index is 5.70. The lowest BCUT2D eigenvalue weighted by Gasteiger charge is -2.18. The molecule has 0 bridgehead atoms. The zero-order valence-corrected chi connectivity index (χ0v) is 12.4. The van der Waals surface area contributed by atoms with Crippen molar-refractivity contribution in [3.05, 3.63) is 16.1 Å². The normalized spacial score (nSPS) is 12.4. The van der Waals surface area contributed by atoms with Crippen molar-refractivity contribution in [2.24, 2.45) is 5.92 Å². The molecule has 0 unspecified atom stereocenters. The summed E-state index contributed by atoms with van der Waals surface area (Å²) < 4.78 is 5.70. The van der Waals surface area contributed by atoms with E-state index in [0.29, 0.717) is 12.5 Å². The number of hydrogen-bond donors (Lipinski definition) is 1. The van der Waals surface area contributed by atoms with Crippen LogP contribution in [0, 0.1) is 5.92 Å². The molecule has 1 rings (SSSR count). The minimum Gasteiger partial charge on any atom is -0.370 e. The van der Waals surface area contributed by atoms with Crippen molar-refractivity contribution < 1.29 is 4.74 Å². The van der Waals surface area contributed by atoms with Gasteiger partial charge in [0, 0.05) is 11.9 Å². The van der Waals surface area contributed by atoms with Crippen LogP contribution in [0.4, 0.5) is 0 Å². The Morgan fingerprint density at radius 2 is 2.12 bits per heavy atom. The summed E-state index contributed by atoms with van der Waals surface area (Å²) in [6.45, 7) is 13.1. The van der Waals surface area contributed by atoms with Gasteiger partial charge in [0.05, 0.1) is 17.9 Å². The Morgan fingerprint density at radius 1 is 1.41 bits per heavy atom. The fraction of sp³-hybridized carbons (Fsp3) is 0.769. The van der Waals surface area contributed by atoms with Crippen LogP contribution in [0.1, 0.15) is 45.3 Å². The molecule has 98 valence electrons. The summed E-state index contributed by atoms with van der Waals surface area (Å²) in [5.74, 6) is 0.679. The van der Waals surface area contributed by atoms with E-state index >= 15 is 0 Å². The Hall–Kier alpha value is -0.450. The van der Waals surface area contributed by atoms with Gasteiger partial charge in [0.1, 0.15) is 5.01 Å². The van der Waals surface area contributed by atoms with Crippen LogP contribution in [0.3, 0.4) is 0 Å². The third-order valence-corrected chi connectivity index (χ3v) is 2.98. The Kier molecular flexibility index (Phi) is 5.56. The van der Waals surface area contributed by atoms with E-state index in [2.05, 4.69) is 50.3 Å². The van der Waals surface area contributed by atoms with E-state index in [0.717, 1.165) is 23.8 Å². The van der Waals surface area contributed by atoms with E-state index < -0.39 is 0 Å². The number of aromatic nitrogens is 1. The van der Waals surface area contributed by atoms with Gasteiger partial charge in [-0.15, -0.1) is 11.3 Å². The quantitative estimate of drug-likeness (QED) is 0.848. The Morgan fingerprint density at radius 3 is 2.71 bits per heavy atom. The van der Waals surface area contributed by atoms with Crippen molar-refractivity contribution in [2.45, 2.75) is 53.4 Å². The van der Waals surface area contributed by atoms with Gasteiger partial charge >= 0.3 is 0 Å². The van der Waals surface area contributed by atoms with Crippen LogP contribution < -0.4 is 5.32 Å². The monoisotopic (exact) mass is 256 g/mol. The summed E-state index contributed by atoms with van der Waals surface area (Å²) >= 11 is 1.70. The van der Waals surface area contributed by atoms with Crippen molar-refractivity contribution in [2.75, 3.05) is 6.54 Å². The topological polar surface area (TPSA) is 34.2 Å². The Bertz CT molecular complexity index is 328. The first-order valence-corrected chi connectivity index (χ1v) is 7.03. The highest BCUT2D eigenvalue weighted by molar-refractivity contribution is 7.09. The number of nitrogens with one attached hydrogen (secondary N) is 1. The highest BCUT2D eigenvalue weighted by Crippen LogP contribution is 2.14. The van der Waals surface area contributed by atoms with E-state index in [1.807, 2.05) is 0 Å². The van der Waals surface area contributed by atoms with Crippen LogP contribution in [0.2, 0.25) is 0 Å². The van der Waals surface area contributed by atoms with Crippen molar-refractivity contribution in [3.63, 3.8) is 0 Å². The van der Waals surface area contributed by atoms with Crippen molar-refractivity contribution in [1.29, 1.82) is 0 Å². The molecule has 0 spiro atoms. The lowest BCUT2D eigenvalue weighted by atomic mass is 10.2. The molecule has 0 aliphatic heterocycles. The van der Waals surface area contributed by atoms with Crippen LogP contribution in [0.15, 0.2) is 5.38 Å². The predicted molar refractivity (Wildman–Crippen MR) is 73.2 cm³/mol. The summed E-state index contributed by atoms with van der Waals surface area (Å²) in [6, 6.07) is 0. The van der Waals surface area contributed by atoms with E-state index in [-0.39, 0.29) is 5.60 Å². The summed E-state index contributed by atoms with van der Waals surface area (Å²) in [6.07, 6.45) is 0. The number of hydrogen-bond acceptors (Lipinski definition) is 4. The first-order valence-electron chi connectivity index (χ1n) is 6.15. The fourth-order valence-electron chi connectivity index (χ4n) is 1.25. The molecular weight excluding hydrogens is 232 g/mol. The van der Waals surface area contributed by atoms with Crippen LogP contribution in [-0.4, -0.2) is 17.1 Å². The number of nitrogens with zero attached hydrogens (tertiary/aromatic N) is 1. The second-order valence-electron chi connectivity index (χ2n) is 5.66. The van der Waals surface area contributed by atoms with Crippen LogP contribution in [0.25, 0.3) is 0 Å². The zero-order chi connectivity index (χ0) is 12.9. The molecule has 0 fully saturated rings. The molecule has 1 aromatic heterocycles. The largest absolute Gasteiger partial charge is 0.370 e. The molecule has 1 N–H and O–H groups in total. The highest BCUT2D eigenvalue weighted by Gasteiger charge is 2.11. The average molecular weight is 256 g/mol. The molecule has 4 heteroatoms. The molecule has 0 saturated heterocycles. The van der Waals surface area contributed by atoms with Crippen molar-refractivity contribution >= 4 is 11.3 Å². The maximum Gasteiger partial charge on any atom is 0.107 e. The molecule has 0 amide bonds. The minimum absolute atomic E-state index is 0.0975. The standard InChI is InChI=1S/C13H24N2OS/c1-10(2)6-14-7-12-15-11(9-17-12)8-16-13(3,4)5/h9-10,14H,6-8H2,1-5H3. The third-order valence-electron chi connectivity index (χ3n) is 2.08. The van der Waals surface area contributed by atoms with Gasteiger partial charge in [-0.05, 0) is 33.2 Å². The summed E-state index contributed by atoms with van der Waals surface area (Å²) in [5, 5.41) is 6.61. The number of rotatable bonds is 6. The van der Waals surface area contributed by atoms with Gasteiger partial charge in [0.2, 0.25) is 0 Å². The first kappa shape index (κ1) is 14.6. The molecule has 1 aromatic rings. The van der Waals surface area contributed by atoms with E-state index in [1.165, 1.54) is 0 Å². The lowest BCUT2D eigenvalue weighted by molar-refractivity contribution is -0.0163. The summed E-state index contributed by atoms with van der Waals surface area (Å²) in [4.78, 5) is 4.54.